The van der Waals surface area contributed by atoms with Gasteiger partial charge in [-0.2, -0.15) is 0 Å². The zero-order valence-corrected chi connectivity index (χ0v) is 11.0. The first kappa shape index (κ1) is 14.7. The van der Waals surface area contributed by atoms with E-state index in [1.54, 1.807) is 23.1 Å². The number of carbonyl (C=O) groups excluding carboxylic acids is 1. The van der Waals surface area contributed by atoms with E-state index in [-0.39, 0.29) is 24.1 Å². The average molecular weight is 274 g/mol. The maximum Gasteiger partial charge on any atom is 0.321 e. The van der Waals surface area contributed by atoms with Crippen molar-refractivity contribution in [1.82, 2.24) is 10.2 Å². The zero-order chi connectivity index (χ0) is 12.3. The van der Waals surface area contributed by atoms with Gasteiger partial charge < -0.3 is 15.5 Å². The second-order valence-corrected chi connectivity index (χ2v) is 4.13. The van der Waals surface area contributed by atoms with Crippen molar-refractivity contribution in [3.63, 3.8) is 0 Å². The Hall–Kier alpha value is -1.33. The van der Waals surface area contributed by atoms with E-state index < -0.39 is 5.82 Å². The minimum absolute atomic E-state index is 0. The molecule has 1 atom stereocenters. The molecule has 0 aromatic heterocycles. The van der Waals surface area contributed by atoms with Crippen molar-refractivity contribution in [2.24, 2.45) is 0 Å². The first-order chi connectivity index (χ1) is 8.20. The number of nitrogens with one attached hydrogen (secondary N) is 2. The van der Waals surface area contributed by atoms with Gasteiger partial charge in [-0.15, -0.1) is 12.4 Å². The molecule has 0 aliphatic carbocycles. The van der Waals surface area contributed by atoms with Crippen LogP contribution in [0.15, 0.2) is 24.3 Å². The van der Waals surface area contributed by atoms with Gasteiger partial charge in [-0.3, -0.25) is 0 Å². The highest BCUT2D eigenvalue weighted by Crippen LogP contribution is 2.15. The second kappa shape index (κ2) is 6.56. The first-order valence-corrected chi connectivity index (χ1v) is 5.68. The standard InChI is InChI=1S/C12H16FN3O.ClH/c1-14-9-6-7-16(8-9)12(17)15-11-5-3-2-4-10(11)13;/h2-5,9,14H,6-8H2,1H3,(H,15,17);1H/t9-;/m1./s1. The summed E-state index contributed by atoms with van der Waals surface area (Å²) in [6.07, 6.45) is 0.932. The average Bonchev–Trinajstić information content (AvgIpc) is 2.81. The Kier molecular flexibility index (Phi) is 5.37. The number of likely N-dealkylation sites (N-methyl/N-ethyl adjacent to an activating group) is 1. The van der Waals surface area contributed by atoms with Crippen LogP contribution in [-0.4, -0.2) is 37.1 Å². The van der Waals surface area contributed by atoms with Gasteiger partial charge >= 0.3 is 6.03 Å². The predicted octanol–water partition coefficient (Wildman–Crippen LogP) is 2.07. The largest absolute Gasteiger partial charge is 0.323 e. The van der Waals surface area contributed by atoms with Crippen LogP contribution in [0.2, 0.25) is 0 Å². The molecule has 4 nitrogen and oxygen atoms in total. The highest BCUT2D eigenvalue weighted by molar-refractivity contribution is 5.89. The number of hydrogen-bond donors (Lipinski definition) is 2. The third-order valence-corrected chi connectivity index (χ3v) is 3.00. The molecule has 1 aromatic carbocycles. The monoisotopic (exact) mass is 273 g/mol. The third-order valence-electron chi connectivity index (χ3n) is 3.00. The lowest BCUT2D eigenvalue weighted by Gasteiger charge is -2.17. The van der Waals surface area contributed by atoms with E-state index in [2.05, 4.69) is 10.6 Å². The quantitative estimate of drug-likeness (QED) is 0.866. The summed E-state index contributed by atoms with van der Waals surface area (Å²) < 4.78 is 13.3. The van der Waals surface area contributed by atoms with E-state index in [4.69, 9.17) is 0 Å². The van der Waals surface area contributed by atoms with Gasteiger partial charge in [-0.25, -0.2) is 9.18 Å². The zero-order valence-electron chi connectivity index (χ0n) is 10.1. The Morgan fingerprint density at radius 1 is 1.44 bits per heavy atom. The fourth-order valence-corrected chi connectivity index (χ4v) is 1.94. The smallest absolute Gasteiger partial charge is 0.321 e. The Labute approximate surface area is 112 Å². The highest BCUT2D eigenvalue weighted by atomic mass is 35.5. The third kappa shape index (κ3) is 3.34. The number of nitrogens with zero attached hydrogens (tertiary/aromatic N) is 1. The van der Waals surface area contributed by atoms with Gasteiger partial charge in [-0.05, 0) is 25.6 Å². The van der Waals surface area contributed by atoms with E-state index in [0.717, 1.165) is 6.42 Å². The van der Waals surface area contributed by atoms with Crippen LogP contribution in [0.5, 0.6) is 0 Å². The Morgan fingerprint density at radius 3 is 2.78 bits per heavy atom. The summed E-state index contributed by atoms with van der Waals surface area (Å²) in [4.78, 5) is 13.5. The summed E-state index contributed by atoms with van der Waals surface area (Å²) in [5.41, 5.74) is 0.227. The van der Waals surface area contributed by atoms with Crippen LogP contribution < -0.4 is 10.6 Å². The molecule has 2 N–H and O–H groups in total. The SMILES string of the molecule is CN[C@@H]1CCN(C(=O)Nc2ccccc2F)C1.Cl. The summed E-state index contributed by atoms with van der Waals surface area (Å²) in [6.45, 7) is 1.36. The van der Waals surface area contributed by atoms with Crippen molar-refractivity contribution in [3.8, 4) is 0 Å². The molecule has 6 heteroatoms. The number of rotatable bonds is 2. The van der Waals surface area contributed by atoms with Gasteiger partial charge in [0.05, 0.1) is 5.69 Å². The van der Waals surface area contributed by atoms with E-state index in [9.17, 15) is 9.18 Å². The Morgan fingerprint density at radius 2 is 2.17 bits per heavy atom. The van der Waals surface area contributed by atoms with Gasteiger partial charge in [0.15, 0.2) is 0 Å². The fourth-order valence-electron chi connectivity index (χ4n) is 1.94. The number of hydrogen-bond acceptors (Lipinski definition) is 2. The number of urea groups is 1. The summed E-state index contributed by atoms with van der Waals surface area (Å²) in [5.74, 6) is -0.412. The first-order valence-electron chi connectivity index (χ1n) is 5.68. The van der Waals surface area contributed by atoms with Crippen LogP contribution in [-0.2, 0) is 0 Å². The van der Waals surface area contributed by atoms with E-state index >= 15 is 0 Å². The van der Waals surface area contributed by atoms with Crippen LogP contribution in [0.4, 0.5) is 14.9 Å². The summed E-state index contributed by atoms with van der Waals surface area (Å²) in [6, 6.07) is 6.26. The van der Waals surface area contributed by atoms with E-state index in [1.807, 2.05) is 7.05 Å². The second-order valence-electron chi connectivity index (χ2n) is 4.13. The molecule has 0 bridgehead atoms. The number of amides is 2. The number of benzene rings is 1. The number of anilines is 1. The lowest BCUT2D eigenvalue weighted by atomic mass is 10.3. The van der Waals surface area contributed by atoms with Gasteiger partial charge in [0.2, 0.25) is 0 Å². The summed E-state index contributed by atoms with van der Waals surface area (Å²) >= 11 is 0. The molecule has 0 radical (unpaired) electrons. The van der Waals surface area contributed by atoms with Crippen molar-refractivity contribution in [3.05, 3.63) is 30.1 Å². The molecule has 1 saturated heterocycles. The molecule has 1 fully saturated rings. The van der Waals surface area contributed by atoms with E-state index in [0.29, 0.717) is 19.1 Å². The molecule has 0 spiro atoms. The Bertz CT molecular complexity index is 416. The minimum atomic E-state index is -0.412. The molecule has 1 aliphatic rings. The van der Waals surface area contributed by atoms with Crippen molar-refractivity contribution >= 4 is 24.1 Å². The molecular formula is C12H17ClFN3O. The molecule has 18 heavy (non-hydrogen) atoms. The van der Waals surface area contributed by atoms with Gasteiger partial charge in [0, 0.05) is 19.1 Å². The molecule has 2 amide bonds. The molecule has 100 valence electrons. The summed E-state index contributed by atoms with van der Waals surface area (Å²) in [7, 11) is 1.88. The molecule has 1 heterocycles. The van der Waals surface area contributed by atoms with Crippen molar-refractivity contribution in [2.45, 2.75) is 12.5 Å². The maximum absolute atomic E-state index is 13.3. The summed E-state index contributed by atoms with van der Waals surface area (Å²) in [5, 5.41) is 5.71. The van der Waals surface area contributed by atoms with Crippen molar-refractivity contribution < 1.29 is 9.18 Å². The lowest BCUT2D eigenvalue weighted by Crippen LogP contribution is -2.36. The van der Waals surface area contributed by atoms with Crippen molar-refractivity contribution in [2.75, 3.05) is 25.5 Å². The molecular weight excluding hydrogens is 257 g/mol. The number of likely N-dealkylation sites (tertiary alicyclic amines) is 1. The highest BCUT2D eigenvalue weighted by Gasteiger charge is 2.25. The number of para-hydroxylation sites is 1. The predicted molar refractivity (Wildman–Crippen MR) is 71.7 cm³/mol. The number of carbonyl (C=O) groups is 1. The number of halogens is 2. The molecule has 2 rings (SSSR count). The van der Waals surface area contributed by atoms with Crippen molar-refractivity contribution in [1.29, 1.82) is 0 Å². The van der Waals surface area contributed by atoms with Crippen LogP contribution >= 0.6 is 12.4 Å². The molecule has 1 aliphatic heterocycles. The van der Waals surface area contributed by atoms with Gasteiger partial charge in [-0.1, -0.05) is 12.1 Å². The van der Waals surface area contributed by atoms with E-state index in [1.165, 1.54) is 6.07 Å². The topological polar surface area (TPSA) is 44.4 Å². The van der Waals surface area contributed by atoms with Crippen LogP contribution in [0, 0.1) is 5.82 Å². The maximum atomic E-state index is 13.3. The Balaban J connectivity index is 0.00000162. The molecule has 1 aromatic rings. The lowest BCUT2D eigenvalue weighted by molar-refractivity contribution is 0.221. The van der Waals surface area contributed by atoms with Crippen LogP contribution in [0.25, 0.3) is 0 Å². The molecule has 0 unspecified atom stereocenters. The van der Waals surface area contributed by atoms with Gasteiger partial charge in [0.25, 0.3) is 0 Å². The van der Waals surface area contributed by atoms with Gasteiger partial charge in [0.1, 0.15) is 5.82 Å². The van der Waals surface area contributed by atoms with Crippen LogP contribution in [0.1, 0.15) is 6.42 Å². The normalized spacial score (nSPS) is 18.3. The molecule has 0 saturated carbocycles. The van der Waals surface area contributed by atoms with Crippen LogP contribution in [0.3, 0.4) is 0 Å². The fraction of sp³-hybridized carbons (Fsp3) is 0.417. The minimum Gasteiger partial charge on any atom is -0.323 e.